The van der Waals surface area contributed by atoms with Crippen molar-refractivity contribution in [3.63, 3.8) is 0 Å². The molecule has 2 aromatic carbocycles. The number of nitrogens with zero attached hydrogens (tertiary/aromatic N) is 2. The van der Waals surface area contributed by atoms with Crippen LogP contribution in [0, 0.1) is 11.6 Å². The van der Waals surface area contributed by atoms with Gasteiger partial charge in [-0.1, -0.05) is 18.2 Å². The zero-order valence-corrected chi connectivity index (χ0v) is 13.2. The quantitative estimate of drug-likeness (QED) is 0.936. The molecule has 0 atom stereocenters. The molecule has 0 radical (unpaired) electrons. The molecule has 24 heavy (non-hydrogen) atoms. The third-order valence-corrected chi connectivity index (χ3v) is 4.11. The van der Waals surface area contributed by atoms with Crippen LogP contribution in [0.1, 0.15) is 0 Å². The SMILES string of the molecule is O=C(CNc1ccc(F)cc1F)N1CCN(c2ccccc2)CC1. The van der Waals surface area contributed by atoms with Crippen LogP contribution in [-0.4, -0.2) is 43.5 Å². The Balaban J connectivity index is 1.50. The number of piperazine rings is 1. The number of hydrogen-bond acceptors (Lipinski definition) is 3. The summed E-state index contributed by atoms with van der Waals surface area (Å²) < 4.78 is 26.4. The van der Waals surface area contributed by atoms with Gasteiger partial charge in [0.15, 0.2) is 0 Å². The van der Waals surface area contributed by atoms with Crippen LogP contribution in [0.4, 0.5) is 20.2 Å². The standard InChI is InChI=1S/C18H19F2N3O/c19-14-6-7-17(16(20)12-14)21-13-18(24)23-10-8-22(9-11-23)15-4-2-1-3-5-15/h1-7,12,21H,8-11,13H2. The van der Waals surface area contributed by atoms with E-state index in [4.69, 9.17) is 0 Å². The predicted molar refractivity (Wildman–Crippen MR) is 90.1 cm³/mol. The second kappa shape index (κ2) is 7.29. The number of carbonyl (C=O) groups excluding carboxylic acids is 1. The molecule has 0 bridgehead atoms. The van der Waals surface area contributed by atoms with E-state index >= 15 is 0 Å². The van der Waals surface area contributed by atoms with E-state index in [2.05, 4.69) is 22.3 Å². The Bertz CT molecular complexity index is 701. The first-order valence-corrected chi connectivity index (χ1v) is 7.90. The minimum atomic E-state index is -0.698. The van der Waals surface area contributed by atoms with Crippen LogP contribution in [-0.2, 0) is 4.79 Å². The first kappa shape index (κ1) is 16.2. The number of nitrogens with one attached hydrogen (secondary N) is 1. The molecule has 0 aliphatic carbocycles. The molecule has 0 unspecified atom stereocenters. The largest absolute Gasteiger partial charge is 0.374 e. The summed E-state index contributed by atoms with van der Waals surface area (Å²) in [5.41, 5.74) is 1.28. The highest BCUT2D eigenvalue weighted by Crippen LogP contribution is 2.17. The summed E-state index contributed by atoms with van der Waals surface area (Å²) in [6, 6.07) is 13.3. The third-order valence-electron chi connectivity index (χ3n) is 4.11. The molecule has 0 saturated carbocycles. The molecule has 1 aliphatic rings. The van der Waals surface area contributed by atoms with E-state index in [0.29, 0.717) is 13.1 Å². The van der Waals surface area contributed by atoms with Crippen molar-refractivity contribution in [2.45, 2.75) is 0 Å². The monoisotopic (exact) mass is 331 g/mol. The van der Waals surface area contributed by atoms with Crippen molar-refractivity contribution in [3.8, 4) is 0 Å². The summed E-state index contributed by atoms with van der Waals surface area (Å²) in [5, 5.41) is 2.73. The van der Waals surface area contributed by atoms with Gasteiger partial charge in [-0.05, 0) is 24.3 Å². The Morgan fingerprint density at radius 3 is 2.38 bits per heavy atom. The van der Waals surface area contributed by atoms with Gasteiger partial charge in [0.25, 0.3) is 0 Å². The Morgan fingerprint density at radius 2 is 1.71 bits per heavy atom. The van der Waals surface area contributed by atoms with Crippen molar-refractivity contribution in [3.05, 3.63) is 60.2 Å². The zero-order valence-electron chi connectivity index (χ0n) is 13.2. The molecule has 2 aromatic rings. The lowest BCUT2D eigenvalue weighted by molar-refractivity contribution is -0.129. The van der Waals surface area contributed by atoms with Crippen molar-refractivity contribution in [1.82, 2.24) is 4.90 Å². The van der Waals surface area contributed by atoms with Gasteiger partial charge < -0.3 is 15.1 Å². The highest BCUT2D eigenvalue weighted by molar-refractivity contribution is 5.81. The molecule has 1 N–H and O–H groups in total. The van der Waals surface area contributed by atoms with Gasteiger partial charge in [0, 0.05) is 37.9 Å². The van der Waals surface area contributed by atoms with Gasteiger partial charge in [0.2, 0.25) is 5.91 Å². The number of anilines is 2. The molecule has 1 heterocycles. The Hall–Kier alpha value is -2.63. The fraction of sp³-hybridized carbons (Fsp3) is 0.278. The normalized spacial score (nSPS) is 14.6. The van der Waals surface area contributed by atoms with Crippen molar-refractivity contribution in [1.29, 1.82) is 0 Å². The van der Waals surface area contributed by atoms with E-state index < -0.39 is 11.6 Å². The van der Waals surface area contributed by atoms with E-state index in [1.54, 1.807) is 4.90 Å². The van der Waals surface area contributed by atoms with Crippen molar-refractivity contribution in [2.24, 2.45) is 0 Å². The summed E-state index contributed by atoms with van der Waals surface area (Å²) in [4.78, 5) is 16.2. The van der Waals surface area contributed by atoms with Crippen molar-refractivity contribution >= 4 is 17.3 Å². The average Bonchev–Trinajstić information content (AvgIpc) is 2.62. The Labute approximate surface area is 139 Å². The summed E-state index contributed by atoms with van der Waals surface area (Å²) in [7, 11) is 0. The van der Waals surface area contributed by atoms with Crippen LogP contribution in [0.15, 0.2) is 48.5 Å². The molecule has 0 spiro atoms. The van der Waals surface area contributed by atoms with E-state index in [9.17, 15) is 13.6 Å². The van der Waals surface area contributed by atoms with Crippen LogP contribution in [0.5, 0.6) is 0 Å². The summed E-state index contributed by atoms with van der Waals surface area (Å²) in [6.07, 6.45) is 0. The number of para-hydroxylation sites is 1. The molecule has 3 rings (SSSR count). The van der Waals surface area contributed by atoms with Crippen molar-refractivity contribution < 1.29 is 13.6 Å². The number of halogens is 2. The van der Waals surface area contributed by atoms with E-state index in [-0.39, 0.29) is 18.1 Å². The second-order valence-corrected chi connectivity index (χ2v) is 5.68. The maximum absolute atomic E-state index is 13.5. The van der Waals surface area contributed by atoms with E-state index in [0.717, 1.165) is 30.9 Å². The minimum Gasteiger partial charge on any atom is -0.374 e. The maximum atomic E-state index is 13.5. The minimum absolute atomic E-state index is 0.00606. The summed E-state index contributed by atoms with van der Waals surface area (Å²) >= 11 is 0. The lowest BCUT2D eigenvalue weighted by atomic mass is 10.2. The predicted octanol–water partition coefficient (Wildman–Crippen LogP) is 2.73. The fourth-order valence-corrected chi connectivity index (χ4v) is 2.77. The van der Waals surface area contributed by atoms with Gasteiger partial charge in [0.1, 0.15) is 11.6 Å². The molecular formula is C18H19F2N3O. The maximum Gasteiger partial charge on any atom is 0.241 e. The molecule has 1 saturated heterocycles. The number of carbonyl (C=O) groups is 1. The molecule has 0 aromatic heterocycles. The van der Waals surface area contributed by atoms with E-state index in [1.165, 1.54) is 6.07 Å². The molecule has 6 heteroatoms. The van der Waals surface area contributed by atoms with Crippen LogP contribution >= 0.6 is 0 Å². The number of hydrogen-bond donors (Lipinski definition) is 1. The number of amides is 1. The second-order valence-electron chi connectivity index (χ2n) is 5.68. The lowest BCUT2D eigenvalue weighted by Gasteiger charge is -2.36. The first-order valence-electron chi connectivity index (χ1n) is 7.90. The van der Waals surface area contributed by atoms with Crippen LogP contribution in [0.3, 0.4) is 0 Å². The van der Waals surface area contributed by atoms with Gasteiger partial charge in [-0.3, -0.25) is 4.79 Å². The average molecular weight is 331 g/mol. The van der Waals surface area contributed by atoms with Gasteiger partial charge in [-0.2, -0.15) is 0 Å². The van der Waals surface area contributed by atoms with Gasteiger partial charge in [-0.15, -0.1) is 0 Å². The molecular weight excluding hydrogens is 312 g/mol. The highest BCUT2D eigenvalue weighted by Gasteiger charge is 2.21. The summed E-state index contributed by atoms with van der Waals surface area (Å²) in [6.45, 7) is 2.78. The molecule has 126 valence electrons. The Kier molecular flexibility index (Phi) is 4.93. The lowest BCUT2D eigenvalue weighted by Crippen LogP contribution is -2.50. The highest BCUT2D eigenvalue weighted by atomic mass is 19.1. The van der Waals surface area contributed by atoms with Crippen LogP contribution in [0.25, 0.3) is 0 Å². The van der Waals surface area contributed by atoms with Gasteiger partial charge >= 0.3 is 0 Å². The molecule has 1 fully saturated rings. The number of rotatable bonds is 4. The van der Waals surface area contributed by atoms with Gasteiger partial charge in [0.05, 0.1) is 12.2 Å². The topological polar surface area (TPSA) is 35.6 Å². The third kappa shape index (κ3) is 3.82. The number of benzene rings is 2. The van der Waals surface area contributed by atoms with Gasteiger partial charge in [-0.25, -0.2) is 8.78 Å². The summed E-state index contributed by atoms with van der Waals surface area (Å²) in [5.74, 6) is -1.43. The molecule has 1 aliphatic heterocycles. The van der Waals surface area contributed by atoms with Crippen LogP contribution in [0.2, 0.25) is 0 Å². The first-order chi connectivity index (χ1) is 11.6. The fourth-order valence-electron chi connectivity index (χ4n) is 2.77. The zero-order chi connectivity index (χ0) is 16.9. The van der Waals surface area contributed by atoms with Crippen molar-refractivity contribution in [2.75, 3.05) is 42.9 Å². The van der Waals surface area contributed by atoms with Crippen LogP contribution < -0.4 is 10.2 Å². The van der Waals surface area contributed by atoms with E-state index in [1.807, 2.05) is 18.2 Å². The molecule has 1 amide bonds. The smallest absolute Gasteiger partial charge is 0.241 e. The Morgan fingerprint density at radius 1 is 1.00 bits per heavy atom. The molecule has 4 nitrogen and oxygen atoms in total.